The molecule has 5 nitrogen and oxygen atoms in total. The molecule has 0 aliphatic heterocycles. The van der Waals surface area contributed by atoms with Gasteiger partial charge in [0.05, 0.1) is 0 Å². The molecule has 7 heteroatoms. The summed E-state index contributed by atoms with van der Waals surface area (Å²) >= 11 is 1.61. The molecular weight excluding hydrogens is 394 g/mol. The predicted octanol–water partition coefficient (Wildman–Crippen LogP) is 4.67. The van der Waals surface area contributed by atoms with Gasteiger partial charge in [0.2, 0.25) is 0 Å². The molecule has 0 aliphatic carbocycles. The second-order valence-corrected chi connectivity index (χ2v) is 12.8. The van der Waals surface area contributed by atoms with Gasteiger partial charge in [-0.05, 0) is 36.3 Å². The van der Waals surface area contributed by atoms with Crippen molar-refractivity contribution in [1.29, 1.82) is 0 Å². The lowest BCUT2D eigenvalue weighted by Gasteiger charge is -2.24. The summed E-state index contributed by atoms with van der Waals surface area (Å²) in [7, 11) is -0.675. The monoisotopic (exact) mass is 425 g/mol. The van der Waals surface area contributed by atoms with Crippen LogP contribution in [0.1, 0.15) is 24.4 Å². The molecule has 1 amide bonds. The zero-order valence-corrected chi connectivity index (χ0v) is 18.3. The minimum atomic E-state index is -0.675. The summed E-state index contributed by atoms with van der Waals surface area (Å²) in [4.78, 5) is 23.9. The van der Waals surface area contributed by atoms with Crippen LogP contribution in [0.5, 0.6) is 5.75 Å². The number of hydrogen-bond acceptors (Lipinski definition) is 5. The van der Waals surface area contributed by atoms with Gasteiger partial charge in [-0.15, -0.1) is 11.3 Å². The second-order valence-electron chi connectivity index (χ2n) is 7.25. The van der Waals surface area contributed by atoms with Gasteiger partial charge in [-0.3, -0.25) is 0 Å². The fraction of sp³-hybridized carbons (Fsp3) is 0.429. The van der Waals surface area contributed by atoms with E-state index in [1.165, 1.54) is 0 Å². The van der Waals surface area contributed by atoms with Gasteiger partial charge in [0, 0.05) is 37.0 Å². The number of carbonyl (C=O) groups excluding carboxylic acids is 2. The zero-order valence-electron chi connectivity index (χ0n) is 16.7. The molecule has 0 saturated heterocycles. The molecule has 1 aromatic heterocycles. The summed E-state index contributed by atoms with van der Waals surface area (Å²) < 4.78 is 11.5. The third-order valence-electron chi connectivity index (χ3n) is 4.01. The van der Waals surface area contributed by atoms with Crippen LogP contribution >= 0.6 is 21.4 Å². The van der Waals surface area contributed by atoms with Gasteiger partial charge >= 0.3 is 6.09 Å². The Balaban J connectivity index is 0.00000420. The number of nitrogens with one attached hydrogen (secondary N) is 1. The average molecular weight is 426 g/mol. The lowest BCUT2D eigenvalue weighted by molar-refractivity contribution is -0.107. The van der Waals surface area contributed by atoms with Crippen LogP contribution in [0, 0.1) is 0 Å². The van der Waals surface area contributed by atoms with Gasteiger partial charge in [-0.2, -0.15) is 0 Å². The lowest BCUT2D eigenvalue weighted by Crippen LogP contribution is -2.28. The Hall–Kier alpha value is -1.99. The minimum absolute atomic E-state index is 0. The second kappa shape index (κ2) is 11.1. The van der Waals surface area contributed by atoms with Crippen molar-refractivity contribution in [3.05, 3.63) is 52.2 Å². The molecule has 1 N–H and O–H groups in total. The Morgan fingerprint density at radius 3 is 2.71 bits per heavy atom. The van der Waals surface area contributed by atoms with Crippen molar-refractivity contribution in [2.24, 2.45) is 0 Å². The molecule has 0 aliphatic rings. The number of hydrogen-bond donors (Lipinski definition) is 1. The molecule has 1 aromatic carbocycles. The third kappa shape index (κ3) is 7.94. The SMILES string of the molecule is CS(C)(C)CCOC(=O)NCC[C@@H](Oc1ccccc1CC=O)c1cccs1.[HH]. The maximum absolute atomic E-state index is 11.9. The van der Waals surface area contributed by atoms with Crippen LogP contribution in [0.3, 0.4) is 0 Å². The van der Waals surface area contributed by atoms with E-state index in [2.05, 4.69) is 24.1 Å². The number of aldehydes is 1. The zero-order chi connectivity index (χ0) is 20.4. The summed E-state index contributed by atoms with van der Waals surface area (Å²) in [5.74, 6) is 1.60. The van der Waals surface area contributed by atoms with E-state index in [1.54, 1.807) is 11.3 Å². The molecule has 2 rings (SSSR count). The molecule has 0 bridgehead atoms. The Morgan fingerprint density at radius 2 is 2.04 bits per heavy atom. The summed E-state index contributed by atoms with van der Waals surface area (Å²) in [6, 6.07) is 11.5. The average Bonchev–Trinajstić information content (AvgIpc) is 3.16. The number of benzene rings is 1. The van der Waals surface area contributed by atoms with E-state index >= 15 is 0 Å². The quantitative estimate of drug-likeness (QED) is 0.532. The van der Waals surface area contributed by atoms with Crippen molar-refractivity contribution < 1.29 is 20.5 Å². The van der Waals surface area contributed by atoms with E-state index in [1.807, 2.05) is 41.8 Å². The maximum Gasteiger partial charge on any atom is 0.407 e. The van der Waals surface area contributed by atoms with Crippen molar-refractivity contribution >= 4 is 33.7 Å². The first kappa shape index (κ1) is 22.3. The fourth-order valence-electron chi connectivity index (χ4n) is 2.50. The highest BCUT2D eigenvalue weighted by molar-refractivity contribution is 8.32. The summed E-state index contributed by atoms with van der Waals surface area (Å²) in [5.41, 5.74) is 0.858. The van der Waals surface area contributed by atoms with Crippen LogP contribution in [0.4, 0.5) is 4.79 Å². The standard InChI is InChI=1S/C21H29NO4S2.H2/c1-28(2,3)16-14-25-21(24)22-12-10-19(20-9-6-15-27-20)26-18-8-5-4-7-17(18)11-13-23;/h4-9,13,15,19H,10-12,14,16H2,1-3H3,(H,22,24);1H/t19-;/m1./s1. The molecule has 1 atom stereocenters. The first-order valence-electron chi connectivity index (χ1n) is 9.17. The predicted molar refractivity (Wildman–Crippen MR) is 120 cm³/mol. The van der Waals surface area contributed by atoms with Crippen molar-refractivity contribution in [1.82, 2.24) is 5.32 Å². The normalized spacial score (nSPS) is 12.8. The highest BCUT2D eigenvalue weighted by atomic mass is 32.3. The topological polar surface area (TPSA) is 64.6 Å². The molecular formula is C21H31NO4S2. The number of carbonyl (C=O) groups is 2. The van der Waals surface area contributed by atoms with E-state index in [0.717, 1.165) is 22.5 Å². The molecule has 2 aromatic rings. The van der Waals surface area contributed by atoms with Crippen LogP contribution in [0.15, 0.2) is 41.8 Å². The van der Waals surface area contributed by atoms with Gasteiger partial charge < -0.3 is 19.6 Å². The Labute approximate surface area is 174 Å². The van der Waals surface area contributed by atoms with Crippen LogP contribution in [-0.4, -0.2) is 50.1 Å². The summed E-state index contributed by atoms with van der Waals surface area (Å²) in [5, 5.41) is 4.80. The first-order chi connectivity index (χ1) is 13.4. The first-order valence-corrected chi connectivity index (χ1v) is 13.1. The van der Waals surface area contributed by atoms with Gasteiger partial charge in [-0.25, -0.2) is 14.8 Å². The lowest BCUT2D eigenvalue weighted by atomic mass is 10.1. The van der Waals surface area contributed by atoms with Gasteiger partial charge in [-0.1, -0.05) is 24.3 Å². The van der Waals surface area contributed by atoms with E-state index in [9.17, 15) is 9.59 Å². The number of para-hydroxylation sites is 1. The fourth-order valence-corrected chi connectivity index (χ4v) is 3.88. The van der Waals surface area contributed by atoms with Crippen LogP contribution in [0.2, 0.25) is 0 Å². The highest BCUT2D eigenvalue weighted by Crippen LogP contribution is 2.33. The largest absolute Gasteiger partial charge is 0.485 e. The van der Waals surface area contributed by atoms with Crippen molar-refractivity contribution in [2.45, 2.75) is 18.9 Å². The van der Waals surface area contributed by atoms with E-state index in [4.69, 9.17) is 9.47 Å². The smallest absolute Gasteiger partial charge is 0.407 e. The molecule has 0 saturated carbocycles. The Bertz CT molecular complexity index is 747. The van der Waals surface area contributed by atoms with Crippen LogP contribution in [0.25, 0.3) is 0 Å². The van der Waals surface area contributed by atoms with Gasteiger partial charge in [0.1, 0.15) is 24.7 Å². The molecule has 0 unspecified atom stereocenters. The summed E-state index contributed by atoms with van der Waals surface area (Å²) in [6.07, 6.45) is 7.78. The van der Waals surface area contributed by atoms with Crippen LogP contribution in [-0.2, 0) is 16.0 Å². The maximum atomic E-state index is 11.9. The summed E-state index contributed by atoms with van der Waals surface area (Å²) in [6.45, 7) is 0.883. The molecule has 0 radical (unpaired) electrons. The van der Waals surface area contributed by atoms with E-state index in [-0.39, 0.29) is 7.53 Å². The Morgan fingerprint density at radius 1 is 1.25 bits per heavy atom. The number of thiophene rings is 1. The minimum Gasteiger partial charge on any atom is -0.485 e. The van der Waals surface area contributed by atoms with Crippen molar-refractivity contribution in [3.63, 3.8) is 0 Å². The van der Waals surface area contributed by atoms with E-state index < -0.39 is 16.1 Å². The van der Waals surface area contributed by atoms with Gasteiger partial charge in [0.25, 0.3) is 0 Å². The molecule has 0 fully saturated rings. The number of alkyl carbamates (subject to hydrolysis) is 1. The number of amides is 1. The number of rotatable bonds is 11. The third-order valence-corrected chi connectivity index (χ3v) is 6.37. The molecule has 1 heterocycles. The van der Waals surface area contributed by atoms with Crippen LogP contribution < -0.4 is 10.1 Å². The molecule has 28 heavy (non-hydrogen) atoms. The van der Waals surface area contributed by atoms with Gasteiger partial charge in [0.15, 0.2) is 0 Å². The number of ether oxygens (including phenoxy) is 2. The van der Waals surface area contributed by atoms with Crippen molar-refractivity contribution in [3.8, 4) is 5.75 Å². The molecule has 0 spiro atoms. The molecule has 156 valence electrons. The highest BCUT2D eigenvalue weighted by Gasteiger charge is 2.17. The van der Waals surface area contributed by atoms with E-state index in [0.29, 0.717) is 31.7 Å². The van der Waals surface area contributed by atoms with Crippen molar-refractivity contribution in [2.75, 3.05) is 37.7 Å². The Kier molecular flexibility index (Phi) is 8.86.